The van der Waals surface area contributed by atoms with Gasteiger partial charge in [0.2, 0.25) is 0 Å². The summed E-state index contributed by atoms with van der Waals surface area (Å²) in [7, 11) is 0. The van der Waals surface area contributed by atoms with Crippen LogP contribution in [0, 0.1) is 17.1 Å². The van der Waals surface area contributed by atoms with Crippen molar-refractivity contribution in [3.63, 3.8) is 0 Å². The van der Waals surface area contributed by atoms with E-state index in [-0.39, 0.29) is 11.1 Å². The predicted molar refractivity (Wildman–Crippen MR) is 129 cm³/mol. The number of nitrogens with zero attached hydrogens (tertiary/aromatic N) is 2. The number of halogens is 2. The SMILES string of the molecule is N#Cc1ccc(C(=O)N/N=C/c2c(OCc3ccc(Br)cc3)ccc3ccccc23)c(F)c1. The zero-order valence-corrected chi connectivity index (χ0v) is 18.8. The molecule has 0 unspecified atom stereocenters. The van der Waals surface area contributed by atoms with Crippen LogP contribution in [0.1, 0.15) is 27.0 Å². The van der Waals surface area contributed by atoms with Crippen LogP contribution in [0.2, 0.25) is 0 Å². The number of nitriles is 1. The molecule has 4 aromatic rings. The Labute approximate surface area is 198 Å². The lowest BCUT2D eigenvalue weighted by molar-refractivity contribution is 0.0951. The van der Waals surface area contributed by atoms with Gasteiger partial charge >= 0.3 is 0 Å². The first-order valence-electron chi connectivity index (χ1n) is 9.97. The largest absolute Gasteiger partial charge is 0.488 e. The highest BCUT2D eigenvalue weighted by atomic mass is 79.9. The third-order valence-corrected chi connectivity index (χ3v) is 5.47. The molecule has 0 aliphatic rings. The Kier molecular flexibility index (Phi) is 6.77. The minimum absolute atomic E-state index is 0.135. The maximum absolute atomic E-state index is 14.1. The molecule has 0 atom stereocenters. The number of nitrogens with one attached hydrogen (secondary N) is 1. The topological polar surface area (TPSA) is 74.5 Å². The molecule has 4 rings (SSSR count). The number of fused-ring (bicyclic) bond motifs is 1. The fourth-order valence-corrected chi connectivity index (χ4v) is 3.53. The average Bonchev–Trinajstić information content (AvgIpc) is 2.84. The summed E-state index contributed by atoms with van der Waals surface area (Å²) in [6.07, 6.45) is 1.48. The second-order valence-corrected chi connectivity index (χ2v) is 8.03. The number of carbonyl (C=O) groups is 1. The van der Waals surface area contributed by atoms with Gasteiger partial charge in [0.15, 0.2) is 0 Å². The summed E-state index contributed by atoms with van der Waals surface area (Å²) in [4.78, 5) is 12.4. The molecule has 0 bridgehead atoms. The number of benzene rings is 4. The van der Waals surface area contributed by atoms with E-state index >= 15 is 0 Å². The third kappa shape index (κ3) is 5.25. The van der Waals surface area contributed by atoms with Gasteiger partial charge < -0.3 is 4.74 Å². The van der Waals surface area contributed by atoms with Gasteiger partial charge in [-0.1, -0.05) is 58.4 Å². The normalized spacial score (nSPS) is 10.8. The summed E-state index contributed by atoms with van der Waals surface area (Å²) in [5, 5.41) is 14.8. The molecule has 0 saturated heterocycles. The molecule has 0 radical (unpaired) electrons. The molecule has 0 spiro atoms. The Bertz CT molecular complexity index is 1400. The van der Waals surface area contributed by atoms with Crippen LogP contribution in [-0.4, -0.2) is 12.1 Å². The molecule has 0 heterocycles. The summed E-state index contributed by atoms with van der Waals surface area (Å²) >= 11 is 3.42. The van der Waals surface area contributed by atoms with E-state index in [2.05, 4.69) is 26.5 Å². The quantitative estimate of drug-likeness (QED) is 0.261. The van der Waals surface area contributed by atoms with Gasteiger partial charge in [-0.2, -0.15) is 10.4 Å². The highest BCUT2D eigenvalue weighted by molar-refractivity contribution is 9.10. The maximum atomic E-state index is 14.1. The standard InChI is InChI=1S/C26H17BrFN3O2/c27-20-9-5-17(6-10-20)16-33-25-12-8-19-3-1-2-4-21(19)23(25)15-30-31-26(32)22-11-7-18(14-29)13-24(22)28/h1-13,15H,16H2,(H,31,32)/b30-15+. The van der Waals surface area contributed by atoms with Crippen LogP contribution >= 0.6 is 15.9 Å². The molecule has 0 aliphatic heterocycles. The van der Waals surface area contributed by atoms with Crippen molar-refractivity contribution in [1.82, 2.24) is 5.43 Å². The number of amides is 1. The first kappa shape index (κ1) is 22.2. The van der Waals surface area contributed by atoms with Crippen LogP contribution in [0.5, 0.6) is 5.75 Å². The number of hydrogen-bond acceptors (Lipinski definition) is 4. The fourth-order valence-electron chi connectivity index (χ4n) is 3.26. The highest BCUT2D eigenvalue weighted by Gasteiger charge is 2.12. The van der Waals surface area contributed by atoms with Gasteiger partial charge in [0.1, 0.15) is 18.2 Å². The van der Waals surface area contributed by atoms with Crippen molar-refractivity contribution < 1.29 is 13.9 Å². The molecule has 0 fully saturated rings. The Morgan fingerprint density at radius 2 is 1.88 bits per heavy atom. The first-order valence-corrected chi connectivity index (χ1v) is 10.8. The van der Waals surface area contributed by atoms with E-state index in [1.54, 1.807) is 0 Å². The number of hydrazone groups is 1. The lowest BCUT2D eigenvalue weighted by Gasteiger charge is -2.12. The van der Waals surface area contributed by atoms with Crippen molar-refractivity contribution in [1.29, 1.82) is 5.26 Å². The van der Waals surface area contributed by atoms with E-state index in [0.29, 0.717) is 17.9 Å². The van der Waals surface area contributed by atoms with Gasteiger partial charge in [-0.15, -0.1) is 0 Å². The Morgan fingerprint density at radius 1 is 1.09 bits per heavy atom. The fraction of sp³-hybridized carbons (Fsp3) is 0.0385. The van der Waals surface area contributed by atoms with Crippen molar-refractivity contribution in [2.75, 3.05) is 0 Å². The summed E-state index contributed by atoms with van der Waals surface area (Å²) < 4.78 is 21.1. The summed E-state index contributed by atoms with van der Waals surface area (Å²) in [5.74, 6) is -0.907. The van der Waals surface area contributed by atoms with Crippen LogP contribution in [0.3, 0.4) is 0 Å². The minimum Gasteiger partial charge on any atom is -0.488 e. The number of hydrogen-bond donors (Lipinski definition) is 1. The Balaban J connectivity index is 1.58. The molecule has 0 aliphatic carbocycles. The van der Waals surface area contributed by atoms with Crippen molar-refractivity contribution in [3.8, 4) is 11.8 Å². The zero-order chi connectivity index (χ0) is 23.2. The molecule has 162 valence electrons. The Hall–Kier alpha value is -4.02. The van der Waals surface area contributed by atoms with Crippen molar-refractivity contribution in [2.24, 2.45) is 5.10 Å². The van der Waals surface area contributed by atoms with Crippen molar-refractivity contribution >= 4 is 38.8 Å². The lowest BCUT2D eigenvalue weighted by atomic mass is 10.0. The number of ether oxygens (including phenoxy) is 1. The molecule has 33 heavy (non-hydrogen) atoms. The first-order chi connectivity index (χ1) is 16.0. The molecule has 0 saturated carbocycles. The van der Waals surface area contributed by atoms with Crippen LogP contribution < -0.4 is 10.2 Å². The summed E-state index contributed by atoms with van der Waals surface area (Å²) in [5.41, 5.74) is 3.97. The van der Waals surface area contributed by atoms with E-state index < -0.39 is 11.7 Å². The molecule has 1 amide bonds. The van der Waals surface area contributed by atoms with Gasteiger partial charge in [0, 0.05) is 10.0 Å². The van der Waals surface area contributed by atoms with Crippen LogP contribution in [0.15, 0.2) is 88.4 Å². The van der Waals surface area contributed by atoms with Gasteiger partial charge in [0.05, 0.1) is 23.4 Å². The van der Waals surface area contributed by atoms with Crippen LogP contribution in [0.4, 0.5) is 4.39 Å². The van der Waals surface area contributed by atoms with Gasteiger partial charge in [-0.25, -0.2) is 9.82 Å². The molecule has 7 heteroatoms. The molecule has 5 nitrogen and oxygen atoms in total. The van der Waals surface area contributed by atoms with Gasteiger partial charge in [-0.3, -0.25) is 4.79 Å². The summed E-state index contributed by atoms with van der Waals surface area (Å²) in [6, 6.07) is 24.8. The predicted octanol–water partition coefficient (Wildman–Crippen LogP) is 5.96. The van der Waals surface area contributed by atoms with Crippen molar-refractivity contribution in [2.45, 2.75) is 6.61 Å². The van der Waals surface area contributed by atoms with Gasteiger partial charge in [-0.05, 0) is 52.7 Å². The Morgan fingerprint density at radius 3 is 2.64 bits per heavy atom. The zero-order valence-electron chi connectivity index (χ0n) is 17.3. The van der Waals surface area contributed by atoms with Crippen LogP contribution in [-0.2, 0) is 6.61 Å². The maximum Gasteiger partial charge on any atom is 0.274 e. The van der Waals surface area contributed by atoms with Crippen LogP contribution in [0.25, 0.3) is 10.8 Å². The van der Waals surface area contributed by atoms with Crippen molar-refractivity contribution in [3.05, 3.63) is 111 Å². The van der Waals surface area contributed by atoms with E-state index in [0.717, 1.165) is 26.9 Å². The molecule has 4 aromatic carbocycles. The molecule has 1 N–H and O–H groups in total. The summed E-state index contributed by atoms with van der Waals surface area (Å²) in [6.45, 7) is 0.356. The van der Waals surface area contributed by atoms with E-state index in [9.17, 15) is 9.18 Å². The smallest absolute Gasteiger partial charge is 0.274 e. The number of carbonyl (C=O) groups excluding carboxylic acids is 1. The monoisotopic (exact) mass is 501 g/mol. The molecular formula is C26H17BrFN3O2. The highest BCUT2D eigenvalue weighted by Crippen LogP contribution is 2.27. The van der Waals surface area contributed by atoms with Gasteiger partial charge in [0.25, 0.3) is 5.91 Å². The van der Waals surface area contributed by atoms with E-state index in [1.807, 2.05) is 66.7 Å². The average molecular weight is 502 g/mol. The lowest BCUT2D eigenvalue weighted by Crippen LogP contribution is -2.19. The molecule has 0 aromatic heterocycles. The third-order valence-electron chi connectivity index (χ3n) is 4.94. The number of rotatable bonds is 6. The minimum atomic E-state index is -0.787. The van der Waals surface area contributed by atoms with E-state index in [4.69, 9.17) is 10.00 Å². The second-order valence-electron chi connectivity index (χ2n) is 7.12. The van der Waals surface area contributed by atoms with E-state index in [1.165, 1.54) is 18.3 Å². The molecular weight excluding hydrogens is 485 g/mol. The second kappa shape index (κ2) is 10.1.